The molecule has 0 saturated carbocycles. The SMILES string of the molecule is CNC(C)c1ccc(OCCCc2ccccc2)cn1. The standard InChI is InChI=1S/C17H22N2O/c1-14(18-2)17-11-10-16(13-19-17)20-12-6-9-15-7-4-3-5-8-15/h3-5,7-8,10-11,13-14,18H,6,9,12H2,1-2H3. The number of ether oxygens (including phenoxy) is 1. The van der Waals surface area contributed by atoms with Gasteiger partial charge in [-0.2, -0.15) is 0 Å². The Morgan fingerprint density at radius 3 is 2.60 bits per heavy atom. The first-order chi connectivity index (χ1) is 9.79. The predicted molar refractivity (Wildman–Crippen MR) is 82.0 cm³/mol. The Balaban J connectivity index is 1.74. The number of hydrogen-bond acceptors (Lipinski definition) is 3. The highest BCUT2D eigenvalue weighted by Crippen LogP contribution is 2.14. The van der Waals surface area contributed by atoms with Crippen molar-refractivity contribution in [3.05, 3.63) is 59.9 Å². The summed E-state index contributed by atoms with van der Waals surface area (Å²) in [5, 5.41) is 3.17. The lowest BCUT2D eigenvalue weighted by Crippen LogP contribution is -2.13. The van der Waals surface area contributed by atoms with E-state index in [1.165, 1.54) is 5.56 Å². The number of hydrogen-bond donors (Lipinski definition) is 1. The van der Waals surface area contributed by atoms with Crippen molar-refractivity contribution in [1.82, 2.24) is 10.3 Å². The molecule has 0 fully saturated rings. The van der Waals surface area contributed by atoms with E-state index in [2.05, 4.69) is 41.5 Å². The van der Waals surface area contributed by atoms with Crippen molar-refractivity contribution in [3.63, 3.8) is 0 Å². The zero-order valence-corrected chi connectivity index (χ0v) is 12.2. The minimum absolute atomic E-state index is 0.266. The van der Waals surface area contributed by atoms with Crippen molar-refractivity contribution >= 4 is 0 Å². The van der Waals surface area contributed by atoms with Gasteiger partial charge in [0.2, 0.25) is 0 Å². The molecule has 1 unspecified atom stereocenters. The van der Waals surface area contributed by atoms with Crippen LogP contribution in [0.3, 0.4) is 0 Å². The Hall–Kier alpha value is -1.87. The molecule has 1 aromatic carbocycles. The summed E-state index contributed by atoms with van der Waals surface area (Å²) in [7, 11) is 1.93. The molecular weight excluding hydrogens is 248 g/mol. The second-order valence-corrected chi connectivity index (χ2v) is 4.87. The molecular formula is C17H22N2O. The molecule has 3 heteroatoms. The lowest BCUT2D eigenvalue weighted by Gasteiger charge is -2.10. The van der Waals surface area contributed by atoms with E-state index in [0.717, 1.165) is 30.9 Å². The Bertz CT molecular complexity index is 496. The van der Waals surface area contributed by atoms with Gasteiger partial charge in [0.15, 0.2) is 0 Å². The fourth-order valence-corrected chi connectivity index (χ4v) is 1.99. The summed E-state index contributed by atoms with van der Waals surface area (Å²) >= 11 is 0. The molecule has 1 aromatic heterocycles. The van der Waals surface area contributed by atoms with Crippen LogP contribution in [-0.2, 0) is 6.42 Å². The summed E-state index contributed by atoms with van der Waals surface area (Å²) in [6.07, 6.45) is 3.85. The molecule has 0 aliphatic heterocycles. The van der Waals surface area contributed by atoms with E-state index in [1.54, 1.807) is 6.20 Å². The van der Waals surface area contributed by atoms with E-state index in [0.29, 0.717) is 0 Å². The largest absolute Gasteiger partial charge is 0.492 e. The third-order valence-corrected chi connectivity index (χ3v) is 3.36. The molecule has 0 bridgehead atoms. The predicted octanol–water partition coefficient (Wildman–Crippen LogP) is 3.37. The number of rotatable bonds is 7. The Labute approximate surface area is 121 Å². The molecule has 0 radical (unpaired) electrons. The quantitative estimate of drug-likeness (QED) is 0.783. The topological polar surface area (TPSA) is 34.1 Å². The third-order valence-electron chi connectivity index (χ3n) is 3.36. The fourth-order valence-electron chi connectivity index (χ4n) is 1.99. The first kappa shape index (κ1) is 14.5. The summed E-state index contributed by atoms with van der Waals surface area (Å²) < 4.78 is 5.71. The Kier molecular flexibility index (Phi) is 5.56. The monoisotopic (exact) mass is 270 g/mol. The van der Waals surface area contributed by atoms with Gasteiger partial charge in [0.05, 0.1) is 18.5 Å². The molecule has 2 rings (SSSR count). The summed E-state index contributed by atoms with van der Waals surface area (Å²) in [4.78, 5) is 4.40. The molecule has 0 amide bonds. The van der Waals surface area contributed by atoms with Gasteiger partial charge in [-0.05, 0) is 44.5 Å². The van der Waals surface area contributed by atoms with Gasteiger partial charge in [0, 0.05) is 6.04 Å². The van der Waals surface area contributed by atoms with Crippen LogP contribution in [0.2, 0.25) is 0 Å². The number of nitrogens with zero attached hydrogens (tertiary/aromatic N) is 1. The lowest BCUT2D eigenvalue weighted by molar-refractivity contribution is 0.309. The molecule has 106 valence electrons. The summed E-state index contributed by atoms with van der Waals surface area (Å²) in [5.74, 6) is 0.838. The second-order valence-electron chi connectivity index (χ2n) is 4.87. The van der Waals surface area contributed by atoms with Crippen molar-refractivity contribution in [3.8, 4) is 5.75 Å². The molecule has 0 aliphatic rings. The number of benzene rings is 1. The second kappa shape index (κ2) is 7.65. The van der Waals surface area contributed by atoms with Crippen LogP contribution in [0.1, 0.15) is 30.6 Å². The zero-order valence-electron chi connectivity index (χ0n) is 12.2. The molecule has 0 aliphatic carbocycles. The smallest absolute Gasteiger partial charge is 0.137 e. The maximum Gasteiger partial charge on any atom is 0.137 e. The minimum Gasteiger partial charge on any atom is -0.492 e. The van der Waals surface area contributed by atoms with Crippen LogP contribution in [0.4, 0.5) is 0 Å². The van der Waals surface area contributed by atoms with Crippen LogP contribution >= 0.6 is 0 Å². The molecule has 1 N–H and O–H groups in total. The first-order valence-corrected chi connectivity index (χ1v) is 7.09. The van der Waals surface area contributed by atoms with Crippen LogP contribution in [0.15, 0.2) is 48.7 Å². The summed E-state index contributed by atoms with van der Waals surface area (Å²) in [6.45, 7) is 2.81. The minimum atomic E-state index is 0.266. The zero-order chi connectivity index (χ0) is 14.2. The van der Waals surface area contributed by atoms with E-state index < -0.39 is 0 Å². The number of aryl methyl sites for hydroxylation is 1. The molecule has 1 atom stereocenters. The van der Waals surface area contributed by atoms with Gasteiger partial charge in [0.1, 0.15) is 5.75 Å². The summed E-state index contributed by atoms with van der Waals surface area (Å²) in [6, 6.07) is 14.7. The molecule has 0 spiro atoms. The van der Waals surface area contributed by atoms with Gasteiger partial charge >= 0.3 is 0 Å². The molecule has 0 saturated heterocycles. The van der Waals surface area contributed by atoms with Crippen molar-refractivity contribution in [2.75, 3.05) is 13.7 Å². The number of aromatic nitrogens is 1. The summed E-state index contributed by atoms with van der Waals surface area (Å²) in [5.41, 5.74) is 2.39. The highest BCUT2D eigenvalue weighted by molar-refractivity contribution is 5.21. The molecule has 3 nitrogen and oxygen atoms in total. The van der Waals surface area contributed by atoms with Crippen LogP contribution in [-0.4, -0.2) is 18.6 Å². The lowest BCUT2D eigenvalue weighted by atomic mass is 10.1. The van der Waals surface area contributed by atoms with Crippen molar-refractivity contribution < 1.29 is 4.74 Å². The maximum atomic E-state index is 5.71. The molecule has 20 heavy (non-hydrogen) atoms. The number of nitrogens with one attached hydrogen (secondary N) is 1. The molecule has 1 heterocycles. The fraction of sp³-hybridized carbons (Fsp3) is 0.353. The van der Waals surface area contributed by atoms with Gasteiger partial charge in [-0.15, -0.1) is 0 Å². The molecule has 2 aromatic rings. The highest BCUT2D eigenvalue weighted by atomic mass is 16.5. The van der Waals surface area contributed by atoms with E-state index >= 15 is 0 Å². The van der Waals surface area contributed by atoms with Crippen LogP contribution in [0.5, 0.6) is 5.75 Å². The van der Waals surface area contributed by atoms with Crippen molar-refractivity contribution in [2.24, 2.45) is 0 Å². The average molecular weight is 270 g/mol. The van der Waals surface area contributed by atoms with E-state index in [1.807, 2.05) is 25.2 Å². The third kappa shape index (κ3) is 4.35. The van der Waals surface area contributed by atoms with Gasteiger partial charge in [-0.1, -0.05) is 30.3 Å². The van der Waals surface area contributed by atoms with Gasteiger partial charge in [0.25, 0.3) is 0 Å². The van der Waals surface area contributed by atoms with Crippen molar-refractivity contribution in [2.45, 2.75) is 25.8 Å². The van der Waals surface area contributed by atoms with Gasteiger partial charge in [-0.25, -0.2) is 0 Å². The van der Waals surface area contributed by atoms with Crippen LogP contribution in [0, 0.1) is 0 Å². The van der Waals surface area contributed by atoms with Crippen molar-refractivity contribution in [1.29, 1.82) is 0 Å². The van der Waals surface area contributed by atoms with Crippen LogP contribution in [0.25, 0.3) is 0 Å². The van der Waals surface area contributed by atoms with E-state index in [9.17, 15) is 0 Å². The van der Waals surface area contributed by atoms with E-state index in [-0.39, 0.29) is 6.04 Å². The maximum absolute atomic E-state index is 5.71. The van der Waals surface area contributed by atoms with Gasteiger partial charge in [-0.3, -0.25) is 4.98 Å². The normalized spacial score (nSPS) is 12.1. The average Bonchev–Trinajstić information content (AvgIpc) is 2.52. The number of pyridine rings is 1. The van der Waals surface area contributed by atoms with Crippen LogP contribution < -0.4 is 10.1 Å². The van der Waals surface area contributed by atoms with E-state index in [4.69, 9.17) is 4.74 Å². The highest BCUT2D eigenvalue weighted by Gasteiger charge is 2.03. The van der Waals surface area contributed by atoms with Gasteiger partial charge < -0.3 is 10.1 Å². The Morgan fingerprint density at radius 1 is 1.15 bits per heavy atom. The first-order valence-electron chi connectivity index (χ1n) is 7.09. The Morgan fingerprint density at radius 2 is 1.95 bits per heavy atom.